The van der Waals surface area contributed by atoms with E-state index < -0.39 is 6.10 Å². The highest BCUT2D eigenvalue weighted by atomic mass is 35.5. The van der Waals surface area contributed by atoms with Crippen molar-refractivity contribution in [1.29, 1.82) is 0 Å². The third-order valence-corrected chi connectivity index (χ3v) is 3.71. The third-order valence-electron chi connectivity index (χ3n) is 3.09. The maximum Gasteiger partial charge on any atom is 0.265 e. The molecule has 0 saturated heterocycles. The van der Waals surface area contributed by atoms with Crippen LogP contribution in [0.5, 0.6) is 11.5 Å². The largest absolute Gasteiger partial charge is 0.497 e. The van der Waals surface area contributed by atoms with E-state index >= 15 is 0 Å². The van der Waals surface area contributed by atoms with E-state index in [-0.39, 0.29) is 21.6 Å². The number of rotatable bonds is 5. The highest BCUT2D eigenvalue weighted by molar-refractivity contribution is 6.39. The average molecular weight is 355 g/mol. The van der Waals surface area contributed by atoms with Gasteiger partial charge in [0.25, 0.3) is 5.91 Å². The van der Waals surface area contributed by atoms with Crippen LogP contribution in [-0.2, 0) is 4.79 Å². The predicted molar refractivity (Wildman–Crippen MR) is 92.6 cm³/mol. The van der Waals surface area contributed by atoms with Gasteiger partial charge in [0.05, 0.1) is 22.8 Å². The summed E-state index contributed by atoms with van der Waals surface area (Å²) >= 11 is 11.9. The normalized spacial score (nSPS) is 11.7. The second kappa shape index (κ2) is 7.44. The van der Waals surface area contributed by atoms with Crippen molar-refractivity contribution < 1.29 is 14.3 Å². The first-order chi connectivity index (χ1) is 10.9. The van der Waals surface area contributed by atoms with Gasteiger partial charge in [-0.25, -0.2) is 0 Å². The molecule has 0 aliphatic rings. The molecule has 0 saturated carbocycles. The van der Waals surface area contributed by atoms with Crippen LogP contribution in [0.25, 0.3) is 0 Å². The summed E-state index contributed by atoms with van der Waals surface area (Å²) in [5, 5.41) is 3.23. The maximum atomic E-state index is 12.2. The molecule has 0 aliphatic heterocycles. The molecule has 0 aliphatic carbocycles. The molecule has 0 bridgehead atoms. The number of ether oxygens (including phenoxy) is 2. The van der Waals surface area contributed by atoms with Crippen LogP contribution in [0.2, 0.25) is 10.0 Å². The number of nitrogens with one attached hydrogen (secondary N) is 1. The molecule has 5 nitrogen and oxygen atoms in total. The molecule has 2 aromatic rings. The Kier molecular flexibility index (Phi) is 5.58. The molecule has 0 spiro atoms. The van der Waals surface area contributed by atoms with Crippen molar-refractivity contribution in [2.45, 2.75) is 13.0 Å². The Morgan fingerprint density at radius 3 is 2.17 bits per heavy atom. The number of carbonyl (C=O) groups excluding carboxylic acids is 1. The number of carbonyl (C=O) groups is 1. The fourth-order valence-electron chi connectivity index (χ4n) is 1.81. The van der Waals surface area contributed by atoms with Crippen LogP contribution < -0.4 is 20.5 Å². The minimum absolute atomic E-state index is 0.272. The van der Waals surface area contributed by atoms with Crippen molar-refractivity contribution in [1.82, 2.24) is 0 Å². The molecule has 1 amide bonds. The number of hydrogen-bond donors (Lipinski definition) is 2. The van der Waals surface area contributed by atoms with Gasteiger partial charge in [-0.15, -0.1) is 0 Å². The zero-order chi connectivity index (χ0) is 17.0. The smallest absolute Gasteiger partial charge is 0.265 e. The fourth-order valence-corrected chi connectivity index (χ4v) is 2.30. The lowest BCUT2D eigenvalue weighted by atomic mass is 10.2. The fraction of sp³-hybridized carbons (Fsp3) is 0.188. The highest BCUT2D eigenvalue weighted by Crippen LogP contribution is 2.31. The van der Waals surface area contributed by atoms with Gasteiger partial charge in [-0.05, 0) is 43.3 Å². The monoisotopic (exact) mass is 354 g/mol. The van der Waals surface area contributed by atoms with Crippen LogP contribution in [0.4, 0.5) is 11.4 Å². The molecule has 3 N–H and O–H groups in total. The van der Waals surface area contributed by atoms with E-state index in [1.54, 1.807) is 38.3 Å². The first-order valence-corrected chi connectivity index (χ1v) is 7.52. The number of halogens is 2. The molecule has 1 unspecified atom stereocenters. The van der Waals surface area contributed by atoms with Gasteiger partial charge in [-0.3, -0.25) is 4.79 Å². The molecule has 0 radical (unpaired) electrons. The molecule has 7 heteroatoms. The van der Waals surface area contributed by atoms with E-state index in [0.717, 1.165) is 0 Å². The lowest BCUT2D eigenvalue weighted by Crippen LogP contribution is -2.30. The number of hydrogen-bond acceptors (Lipinski definition) is 4. The van der Waals surface area contributed by atoms with Crippen molar-refractivity contribution in [2.24, 2.45) is 0 Å². The van der Waals surface area contributed by atoms with E-state index in [0.29, 0.717) is 17.2 Å². The van der Waals surface area contributed by atoms with E-state index in [1.807, 2.05) is 0 Å². The number of nitrogens with two attached hydrogens (primary N) is 1. The number of nitrogen functional groups attached to an aromatic ring is 1. The van der Waals surface area contributed by atoms with E-state index in [1.165, 1.54) is 12.1 Å². The van der Waals surface area contributed by atoms with Crippen LogP contribution in [0.3, 0.4) is 0 Å². The summed E-state index contributed by atoms with van der Waals surface area (Å²) in [6.07, 6.45) is -0.710. The minimum Gasteiger partial charge on any atom is -0.497 e. The summed E-state index contributed by atoms with van der Waals surface area (Å²) in [6, 6.07) is 10.00. The summed E-state index contributed by atoms with van der Waals surface area (Å²) in [4.78, 5) is 12.2. The topological polar surface area (TPSA) is 73.6 Å². The SMILES string of the molecule is COc1ccc(OC(C)C(=O)Nc2cc(Cl)c(N)c(Cl)c2)cc1. The Morgan fingerprint density at radius 1 is 1.13 bits per heavy atom. The first kappa shape index (κ1) is 17.2. The molecular formula is C16H16Cl2N2O3. The number of methoxy groups -OCH3 is 1. The van der Waals surface area contributed by atoms with Crippen LogP contribution in [0.1, 0.15) is 6.92 Å². The lowest BCUT2D eigenvalue weighted by Gasteiger charge is -2.15. The number of anilines is 2. The van der Waals surface area contributed by atoms with Gasteiger partial charge in [0.15, 0.2) is 6.10 Å². The number of amides is 1. The van der Waals surface area contributed by atoms with Crippen LogP contribution >= 0.6 is 23.2 Å². The van der Waals surface area contributed by atoms with Gasteiger partial charge >= 0.3 is 0 Å². The van der Waals surface area contributed by atoms with Gasteiger partial charge in [-0.2, -0.15) is 0 Å². The van der Waals surface area contributed by atoms with Crippen molar-refractivity contribution >= 4 is 40.5 Å². The Balaban J connectivity index is 2.02. The molecule has 23 heavy (non-hydrogen) atoms. The Morgan fingerprint density at radius 2 is 1.65 bits per heavy atom. The van der Waals surface area contributed by atoms with Gasteiger partial charge in [0, 0.05) is 5.69 Å². The second-order valence-corrected chi connectivity index (χ2v) is 5.59. The third kappa shape index (κ3) is 4.43. The Bertz CT molecular complexity index is 682. The molecular weight excluding hydrogens is 339 g/mol. The molecule has 0 fully saturated rings. The quantitative estimate of drug-likeness (QED) is 0.796. The molecule has 2 aromatic carbocycles. The van der Waals surface area contributed by atoms with Gasteiger partial charge in [0.2, 0.25) is 0 Å². The molecule has 0 aromatic heterocycles. The zero-order valence-corrected chi connectivity index (χ0v) is 14.1. The van der Waals surface area contributed by atoms with Crippen LogP contribution in [0, 0.1) is 0 Å². The van der Waals surface area contributed by atoms with Crippen molar-refractivity contribution in [2.75, 3.05) is 18.2 Å². The zero-order valence-electron chi connectivity index (χ0n) is 12.6. The van der Waals surface area contributed by atoms with Crippen LogP contribution in [-0.4, -0.2) is 19.1 Å². The Labute approximate surface area is 144 Å². The van der Waals surface area contributed by atoms with Gasteiger partial charge in [-0.1, -0.05) is 23.2 Å². The molecule has 0 heterocycles. The van der Waals surface area contributed by atoms with Gasteiger partial charge < -0.3 is 20.5 Å². The first-order valence-electron chi connectivity index (χ1n) is 6.77. The maximum absolute atomic E-state index is 12.2. The summed E-state index contributed by atoms with van der Waals surface area (Å²) in [5.74, 6) is 0.931. The molecule has 1 atom stereocenters. The van der Waals surface area contributed by atoms with Crippen LogP contribution in [0.15, 0.2) is 36.4 Å². The minimum atomic E-state index is -0.710. The summed E-state index contributed by atoms with van der Waals surface area (Å²) < 4.78 is 10.6. The Hall–Kier alpha value is -2.11. The predicted octanol–water partition coefficient (Wildman–Crippen LogP) is 3.99. The average Bonchev–Trinajstić information content (AvgIpc) is 2.53. The van der Waals surface area contributed by atoms with Crippen molar-refractivity contribution in [3.63, 3.8) is 0 Å². The summed E-state index contributed by atoms with van der Waals surface area (Å²) in [7, 11) is 1.58. The second-order valence-electron chi connectivity index (χ2n) is 4.78. The summed E-state index contributed by atoms with van der Waals surface area (Å²) in [6.45, 7) is 1.64. The number of benzene rings is 2. The van der Waals surface area contributed by atoms with Crippen molar-refractivity contribution in [3.05, 3.63) is 46.4 Å². The van der Waals surface area contributed by atoms with E-state index in [4.69, 9.17) is 38.4 Å². The van der Waals surface area contributed by atoms with Crippen molar-refractivity contribution in [3.8, 4) is 11.5 Å². The standard InChI is InChI=1S/C16H16Cl2N2O3/c1-9(23-12-5-3-11(22-2)4-6-12)16(21)20-10-7-13(17)15(19)14(18)8-10/h3-9H,19H2,1-2H3,(H,20,21). The lowest BCUT2D eigenvalue weighted by molar-refractivity contribution is -0.122. The van der Waals surface area contributed by atoms with E-state index in [2.05, 4.69) is 5.32 Å². The van der Waals surface area contributed by atoms with E-state index in [9.17, 15) is 4.79 Å². The highest BCUT2D eigenvalue weighted by Gasteiger charge is 2.16. The van der Waals surface area contributed by atoms with Gasteiger partial charge in [0.1, 0.15) is 11.5 Å². The summed E-state index contributed by atoms with van der Waals surface area (Å²) in [5.41, 5.74) is 6.38. The molecule has 2 rings (SSSR count). The molecule has 122 valence electrons.